The van der Waals surface area contributed by atoms with Crippen molar-refractivity contribution in [1.29, 1.82) is 0 Å². The molecule has 5 heteroatoms. The van der Waals surface area contributed by atoms with Crippen LogP contribution in [0, 0.1) is 0 Å². The second kappa shape index (κ2) is 1.88. The number of pyridine rings is 1. The van der Waals surface area contributed by atoms with Crippen LogP contribution in [-0.2, 0) is 9.84 Å². The van der Waals surface area contributed by atoms with Crippen LogP contribution in [0.3, 0.4) is 0 Å². The highest BCUT2D eigenvalue weighted by Crippen LogP contribution is 2.27. The first kappa shape index (κ1) is 6.48. The Bertz CT molecular complexity index is 422. The molecule has 0 saturated carbocycles. The Kier molecular flexibility index (Phi) is 1.11. The Morgan fingerprint density at radius 2 is 2.18 bits per heavy atom. The van der Waals surface area contributed by atoms with E-state index in [4.69, 9.17) is 0 Å². The van der Waals surface area contributed by atoms with Crippen LogP contribution in [0.1, 0.15) is 0 Å². The van der Waals surface area contributed by atoms with Crippen LogP contribution in [0.15, 0.2) is 28.3 Å². The third-order valence-corrected chi connectivity index (χ3v) is 2.74. The van der Waals surface area contributed by atoms with Gasteiger partial charge in [0.2, 0.25) is 9.84 Å². The van der Waals surface area contributed by atoms with Gasteiger partial charge in [0.05, 0.1) is 6.20 Å². The summed E-state index contributed by atoms with van der Waals surface area (Å²) in [5.74, 6) is 0. The molecule has 4 nitrogen and oxygen atoms in total. The Balaban J connectivity index is 2.84. The summed E-state index contributed by atoms with van der Waals surface area (Å²) < 4.78 is 22.2. The molecule has 0 fully saturated rings. The third-order valence-electron chi connectivity index (χ3n) is 1.40. The van der Waals surface area contributed by atoms with E-state index >= 15 is 0 Å². The van der Waals surface area contributed by atoms with E-state index in [0.717, 1.165) is 5.55 Å². The minimum atomic E-state index is -3.24. The van der Waals surface area contributed by atoms with Crippen molar-refractivity contribution in [3.05, 3.63) is 18.5 Å². The van der Waals surface area contributed by atoms with Crippen LogP contribution in [0.25, 0.3) is 0 Å². The largest absolute Gasteiger partial charge is 0.262 e. The normalized spacial score (nSPS) is 18.2. The molecule has 2 heterocycles. The Hall–Kier alpha value is -1.23. The molecule has 56 valence electrons. The summed E-state index contributed by atoms with van der Waals surface area (Å²) in [7, 11) is -3.24. The lowest BCUT2D eigenvalue weighted by Crippen LogP contribution is -1.95. The molecule has 0 bridgehead atoms. The van der Waals surface area contributed by atoms with E-state index in [1.807, 2.05) is 0 Å². The number of hydrogen-bond acceptors (Lipinski definition) is 4. The molecule has 1 aliphatic rings. The number of sulfone groups is 1. The average molecular weight is 168 g/mol. The number of hydrogen-bond donors (Lipinski definition) is 0. The van der Waals surface area contributed by atoms with Gasteiger partial charge in [0, 0.05) is 6.20 Å². The fourth-order valence-electron chi connectivity index (χ4n) is 0.894. The maximum absolute atomic E-state index is 11.1. The van der Waals surface area contributed by atoms with Gasteiger partial charge in [0.15, 0.2) is 0 Å². The molecule has 0 spiro atoms. The van der Waals surface area contributed by atoms with Crippen LogP contribution in [0.2, 0.25) is 0 Å². The van der Waals surface area contributed by atoms with Gasteiger partial charge in [-0.15, -0.1) is 0 Å². The predicted octanol–water partition coefficient (Wildman–Crippen LogP) is 0.529. The van der Waals surface area contributed by atoms with Gasteiger partial charge in [-0.3, -0.25) is 4.98 Å². The Morgan fingerprint density at radius 1 is 1.36 bits per heavy atom. The molecule has 1 aliphatic heterocycles. The molecule has 1 aromatic rings. The number of nitrogens with zero attached hydrogens (tertiary/aromatic N) is 2. The van der Waals surface area contributed by atoms with Gasteiger partial charge in [-0.05, 0) is 6.07 Å². The molecule has 0 radical (unpaired) electrons. The van der Waals surface area contributed by atoms with E-state index in [1.54, 1.807) is 0 Å². The number of fused-ring (bicyclic) bond motifs is 1. The SMILES string of the molecule is O=S1(=O)C=Nc2cnccc21. The van der Waals surface area contributed by atoms with Crippen molar-refractivity contribution in [3.8, 4) is 0 Å². The molecule has 0 saturated heterocycles. The van der Waals surface area contributed by atoms with E-state index < -0.39 is 9.84 Å². The van der Waals surface area contributed by atoms with Gasteiger partial charge in [0.1, 0.15) is 16.1 Å². The standard InChI is InChI=1S/C6H4N2O2S/c9-11(10)4-8-5-3-7-2-1-6(5)11/h1-4H. The highest BCUT2D eigenvalue weighted by atomic mass is 32.2. The fraction of sp³-hybridized carbons (Fsp3) is 0. The highest BCUT2D eigenvalue weighted by molar-refractivity contribution is 8.05. The van der Waals surface area contributed by atoms with Crippen molar-refractivity contribution in [3.63, 3.8) is 0 Å². The van der Waals surface area contributed by atoms with E-state index in [1.165, 1.54) is 18.5 Å². The minimum absolute atomic E-state index is 0.243. The van der Waals surface area contributed by atoms with Crippen molar-refractivity contribution in [1.82, 2.24) is 4.98 Å². The van der Waals surface area contributed by atoms with Crippen molar-refractivity contribution in [2.24, 2.45) is 4.99 Å². The third kappa shape index (κ3) is 0.848. The van der Waals surface area contributed by atoms with Gasteiger partial charge >= 0.3 is 0 Å². The number of aliphatic imine (C=N–C) groups is 1. The van der Waals surface area contributed by atoms with Crippen molar-refractivity contribution in [2.45, 2.75) is 4.90 Å². The van der Waals surface area contributed by atoms with Crippen LogP contribution < -0.4 is 0 Å². The topological polar surface area (TPSA) is 59.4 Å². The first-order chi connectivity index (χ1) is 5.20. The van der Waals surface area contributed by atoms with Crippen LogP contribution in [-0.4, -0.2) is 18.9 Å². The molecule has 0 aromatic carbocycles. The quantitative estimate of drug-likeness (QED) is 0.567. The van der Waals surface area contributed by atoms with Gasteiger partial charge in [-0.2, -0.15) is 0 Å². The van der Waals surface area contributed by atoms with E-state index in [9.17, 15) is 8.42 Å². The van der Waals surface area contributed by atoms with Crippen LogP contribution in [0.5, 0.6) is 0 Å². The lowest BCUT2D eigenvalue weighted by Gasteiger charge is -1.91. The zero-order valence-corrected chi connectivity index (χ0v) is 6.25. The molecule has 2 rings (SSSR count). The summed E-state index contributed by atoms with van der Waals surface area (Å²) in [6.45, 7) is 0. The van der Waals surface area contributed by atoms with Crippen molar-refractivity contribution >= 4 is 21.1 Å². The second-order valence-corrected chi connectivity index (χ2v) is 3.86. The minimum Gasteiger partial charge on any atom is -0.262 e. The summed E-state index contributed by atoms with van der Waals surface area (Å²) in [6, 6.07) is 1.44. The summed E-state index contributed by atoms with van der Waals surface area (Å²) >= 11 is 0. The molecular weight excluding hydrogens is 164 g/mol. The van der Waals surface area contributed by atoms with E-state index in [0.29, 0.717) is 5.69 Å². The second-order valence-electron chi connectivity index (χ2n) is 2.12. The first-order valence-corrected chi connectivity index (χ1v) is 4.48. The van der Waals surface area contributed by atoms with Gasteiger partial charge < -0.3 is 0 Å². The fourth-order valence-corrected chi connectivity index (χ4v) is 1.91. The zero-order valence-electron chi connectivity index (χ0n) is 5.43. The summed E-state index contributed by atoms with van der Waals surface area (Å²) in [5.41, 5.74) is 1.37. The lowest BCUT2D eigenvalue weighted by atomic mass is 10.4. The maximum Gasteiger partial charge on any atom is 0.219 e. The lowest BCUT2D eigenvalue weighted by molar-refractivity contribution is 0.609. The average Bonchev–Trinajstić information content (AvgIpc) is 2.29. The van der Waals surface area contributed by atoms with Crippen molar-refractivity contribution < 1.29 is 8.42 Å². The smallest absolute Gasteiger partial charge is 0.219 e. The molecule has 0 aliphatic carbocycles. The highest BCUT2D eigenvalue weighted by Gasteiger charge is 2.21. The Labute approximate surface area is 63.5 Å². The van der Waals surface area contributed by atoms with Crippen molar-refractivity contribution in [2.75, 3.05) is 0 Å². The summed E-state index contributed by atoms with van der Waals surface area (Å²) in [4.78, 5) is 7.66. The molecule has 0 atom stereocenters. The molecule has 0 amide bonds. The molecule has 11 heavy (non-hydrogen) atoms. The summed E-state index contributed by atoms with van der Waals surface area (Å²) in [6.07, 6.45) is 2.86. The van der Waals surface area contributed by atoms with Gasteiger partial charge in [-0.25, -0.2) is 13.4 Å². The Morgan fingerprint density at radius 3 is 2.91 bits per heavy atom. The number of aromatic nitrogens is 1. The van der Waals surface area contributed by atoms with E-state index in [2.05, 4.69) is 9.98 Å². The predicted molar refractivity (Wildman–Crippen MR) is 39.6 cm³/mol. The molecule has 1 aromatic heterocycles. The molecule has 0 N–H and O–H groups in total. The first-order valence-electron chi connectivity index (χ1n) is 2.93. The maximum atomic E-state index is 11.1. The van der Waals surface area contributed by atoms with Gasteiger partial charge in [0.25, 0.3) is 0 Å². The number of rotatable bonds is 0. The van der Waals surface area contributed by atoms with Crippen LogP contribution >= 0.6 is 0 Å². The monoisotopic (exact) mass is 168 g/mol. The van der Waals surface area contributed by atoms with Crippen LogP contribution in [0.4, 0.5) is 5.69 Å². The molecule has 0 unspecified atom stereocenters. The zero-order chi connectivity index (χ0) is 7.90. The van der Waals surface area contributed by atoms with E-state index in [-0.39, 0.29) is 4.90 Å². The van der Waals surface area contributed by atoms with Gasteiger partial charge in [-0.1, -0.05) is 0 Å². The molecular formula is C6H4N2O2S. The summed E-state index contributed by atoms with van der Waals surface area (Å²) in [5, 5.41) is 0.